The lowest BCUT2D eigenvalue weighted by Crippen LogP contribution is -2.45. The van der Waals surface area contributed by atoms with Crippen molar-refractivity contribution in [1.29, 1.82) is 0 Å². The Balaban J connectivity index is 1.70. The Labute approximate surface area is 103 Å². The van der Waals surface area contributed by atoms with Crippen LogP contribution in [-0.2, 0) is 18.9 Å². The summed E-state index contributed by atoms with van der Waals surface area (Å²) in [5.41, 5.74) is -0.445. The highest BCUT2D eigenvalue weighted by Crippen LogP contribution is 2.45. The molecule has 4 nitrogen and oxygen atoms in total. The predicted octanol–water partition coefficient (Wildman–Crippen LogP) is 1.86. The lowest BCUT2D eigenvalue weighted by atomic mass is 9.94. The molecule has 0 saturated carbocycles. The van der Waals surface area contributed by atoms with Crippen molar-refractivity contribution in [3.8, 4) is 0 Å². The maximum Gasteiger partial charge on any atom is 0.163 e. The molecule has 0 aromatic heterocycles. The van der Waals surface area contributed by atoms with Crippen LogP contribution in [0.2, 0.25) is 0 Å². The van der Waals surface area contributed by atoms with E-state index >= 15 is 0 Å². The zero-order valence-electron chi connectivity index (χ0n) is 11.1. The van der Waals surface area contributed by atoms with Gasteiger partial charge in [-0.1, -0.05) is 0 Å². The fraction of sp³-hybridized carbons (Fsp3) is 1.00. The summed E-state index contributed by atoms with van der Waals surface area (Å²) in [6.45, 7) is 9.59. The van der Waals surface area contributed by atoms with Gasteiger partial charge in [-0.25, -0.2) is 0 Å². The molecule has 3 saturated heterocycles. The molecule has 17 heavy (non-hydrogen) atoms. The van der Waals surface area contributed by atoms with E-state index in [1.165, 1.54) is 0 Å². The third kappa shape index (κ3) is 2.01. The lowest BCUT2D eigenvalue weighted by molar-refractivity contribution is -0.193. The zero-order valence-corrected chi connectivity index (χ0v) is 11.1. The van der Waals surface area contributed by atoms with Gasteiger partial charge in [-0.15, -0.1) is 0 Å². The van der Waals surface area contributed by atoms with Crippen molar-refractivity contribution in [2.75, 3.05) is 13.2 Å². The molecule has 0 N–H and O–H groups in total. The molecule has 0 amide bonds. The maximum atomic E-state index is 6.22. The lowest BCUT2D eigenvalue weighted by Gasteiger charge is -2.32. The van der Waals surface area contributed by atoms with Crippen LogP contribution in [0.1, 0.15) is 40.5 Å². The molecular formula is C13H22O4. The maximum absolute atomic E-state index is 6.22. The largest absolute Gasteiger partial charge is 0.370 e. The van der Waals surface area contributed by atoms with E-state index in [9.17, 15) is 0 Å². The Morgan fingerprint density at radius 2 is 1.71 bits per heavy atom. The number of hydrogen-bond donors (Lipinski definition) is 0. The van der Waals surface area contributed by atoms with E-state index in [0.29, 0.717) is 6.61 Å². The molecule has 3 heterocycles. The van der Waals surface area contributed by atoms with Crippen LogP contribution >= 0.6 is 0 Å². The van der Waals surface area contributed by atoms with Crippen LogP contribution in [0.15, 0.2) is 0 Å². The molecule has 3 aliphatic rings. The van der Waals surface area contributed by atoms with Crippen molar-refractivity contribution in [2.24, 2.45) is 0 Å². The van der Waals surface area contributed by atoms with Gasteiger partial charge >= 0.3 is 0 Å². The fourth-order valence-corrected chi connectivity index (χ4v) is 3.02. The van der Waals surface area contributed by atoms with Gasteiger partial charge in [0.25, 0.3) is 0 Å². The number of hydrogen-bond acceptors (Lipinski definition) is 4. The van der Waals surface area contributed by atoms with Crippen molar-refractivity contribution < 1.29 is 18.9 Å². The standard InChI is InChI=1S/C13H22O4/c1-11(2)15-8-13(4,17-11)9-5-6-12(3,16-9)10-7-14-10/h9-10H,5-8H2,1-4H3/t9-,10-,12+,13+/m1/s1. The number of epoxide rings is 1. The first-order valence-electron chi connectivity index (χ1n) is 6.47. The molecule has 0 aromatic carbocycles. The van der Waals surface area contributed by atoms with E-state index < -0.39 is 5.79 Å². The second-order valence-corrected chi connectivity index (χ2v) is 6.38. The summed E-state index contributed by atoms with van der Waals surface area (Å²) in [5, 5.41) is 0. The highest BCUT2D eigenvalue weighted by molar-refractivity contribution is 5.03. The van der Waals surface area contributed by atoms with Crippen molar-refractivity contribution in [2.45, 2.75) is 69.7 Å². The SMILES string of the molecule is CC1(C)OC[C@@](C)([C@H]2CC[C@@](C)([C@H]3CO3)O2)O1. The zero-order chi connectivity index (χ0) is 12.3. The molecular weight excluding hydrogens is 220 g/mol. The molecule has 0 radical (unpaired) electrons. The summed E-state index contributed by atoms with van der Waals surface area (Å²) in [6.07, 6.45) is 2.46. The van der Waals surface area contributed by atoms with Gasteiger partial charge in [0.2, 0.25) is 0 Å². The molecule has 0 bridgehead atoms. The van der Waals surface area contributed by atoms with Crippen LogP contribution in [0, 0.1) is 0 Å². The van der Waals surface area contributed by atoms with Gasteiger partial charge in [0.1, 0.15) is 11.7 Å². The average molecular weight is 242 g/mol. The number of rotatable bonds is 2. The van der Waals surface area contributed by atoms with Crippen LogP contribution in [0.5, 0.6) is 0 Å². The van der Waals surface area contributed by atoms with E-state index in [1.807, 2.05) is 13.8 Å². The Hall–Kier alpha value is -0.160. The molecule has 98 valence electrons. The molecule has 0 aromatic rings. The van der Waals surface area contributed by atoms with E-state index in [2.05, 4.69) is 13.8 Å². The van der Waals surface area contributed by atoms with Gasteiger partial charge in [-0.3, -0.25) is 0 Å². The van der Waals surface area contributed by atoms with Gasteiger partial charge in [-0.05, 0) is 40.5 Å². The quantitative estimate of drug-likeness (QED) is 0.693. The van der Waals surface area contributed by atoms with Crippen molar-refractivity contribution >= 4 is 0 Å². The van der Waals surface area contributed by atoms with Gasteiger partial charge in [0, 0.05) is 0 Å². The third-order valence-electron chi connectivity index (χ3n) is 4.20. The van der Waals surface area contributed by atoms with Crippen molar-refractivity contribution in [3.63, 3.8) is 0 Å². The monoisotopic (exact) mass is 242 g/mol. The highest BCUT2D eigenvalue weighted by Gasteiger charge is 2.56. The highest BCUT2D eigenvalue weighted by atomic mass is 16.8. The normalized spacial score (nSPS) is 52.9. The first-order valence-corrected chi connectivity index (χ1v) is 6.47. The van der Waals surface area contributed by atoms with E-state index in [0.717, 1.165) is 19.4 Å². The van der Waals surface area contributed by atoms with E-state index in [-0.39, 0.29) is 23.4 Å². The smallest absolute Gasteiger partial charge is 0.163 e. The molecule has 3 rings (SSSR count). The van der Waals surface area contributed by atoms with Crippen LogP contribution in [0.4, 0.5) is 0 Å². The Morgan fingerprint density at radius 3 is 2.24 bits per heavy atom. The molecule has 4 heteroatoms. The summed E-state index contributed by atoms with van der Waals surface area (Å²) in [5.74, 6) is -0.493. The third-order valence-corrected chi connectivity index (χ3v) is 4.20. The van der Waals surface area contributed by atoms with Gasteiger partial charge in [0.15, 0.2) is 5.79 Å². The van der Waals surface area contributed by atoms with Crippen molar-refractivity contribution in [3.05, 3.63) is 0 Å². The molecule has 3 fully saturated rings. The van der Waals surface area contributed by atoms with Crippen LogP contribution in [0.3, 0.4) is 0 Å². The molecule has 3 aliphatic heterocycles. The van der Waals surface area contributed by atoms with Crippen LogP contribution in [0.25, 0.3) is 0 Å². The van der Waals surface area contributed by atoms with Crippen LogP contribution in [-0.4, -0.2) is 42.4 Å². The van der Waals surface area contributed by atoms with E-state index in [1.54, 1.807) is 0 Å². The minimum absolute atomic E-state index is 0.110. The first-order chi connectivity index (χ1) is 7.83. The molecule has 0 unspecified atom stereocenters. The van der Waals surface area contributed by atoms with E-state index in [4.69, 9.17) is 18.9 Å². The molecule has 4 atom stereocenters. The topological polar surface area (TPSA) is 40.2 Å². The molecule has 0 aliphatic carbocycles. The average Bonchev–Trinajstić information content (AvgIpc) is 2.95. The van der Waals surface area contributed by atoms with Gasteiger partial charge in [-0.2, -0.15) is 0 Å². The summed E-state index contributed by atoms with van der Waals surface area (Å²) < 4.78 is 23.3. The van der Waals surface area contributed by atoms with Gasteiger partial charge < -0.3 is 18.9 Å². The predicted molar refractivity (Wildman–Crippen MR) is 61.8 cm³/mol. The minimum Gasteiger partial charge on any atom is -0.370 e. The van der Waals surface area contributed by atoms with Gasteiger partial charge in [0.05, 0.1) is 24.9 Å². The summed E-state index contributed by atoms with van der Waals surface area (Å²) in [7, 11) is 0. The summed E-state index contributed by atoms with van der Waals surface area (Å²) >= 11 is 0. The number of ether oxygens (including phenoxy) is 4. The second-order valence-electron chi connectivity index (χ2n) is 6.38. The first kappa shape index (κ1) is 11.9. The summed E-state index contributed by atoms with van der Waals surface area (Å²) in [6, 6.07) is 0. The summed E-state index contributed by atoms with van der Waals surface area (Å²) in [4.78, 5) is 0. The second kappa shape index (κ2) is 3.44. The van der Waals surface area contributed by atoms with Crippen molar-refractivity contribution in [1.82, 2.24) is 0 Å². The Kier molecular flexibility index (Phi) is 2.41. The fourth-order valence-electron chi connectivity index (χ4n) is 3.02. The Morgan fingerprint density at radius 1 is 1.00 bits per heavy atom. The van der Waals surface area contributed by atoms with Crippen LogP contribution < -0.4 is 0 Å². The molecule has 0 spiro atoms. The minimum atomic E-state index is -0.493. The Bertz CT molecular complexity index is 325.